The number of H-pyrrole nitrogens is 1. The van der Waals surface area contributed by atoms with Crippen LogP contribution >= 0.6 is 0 Å². The van der Waals surface area contributed by atoms with E-state index in [-0.39, 0.29) is 5.41 Å². The Morgan fingerprint density at radius 2 is 1.88 bits per heavy atom. The van der Waals surface area contributed by atoms with E-state index >= 15 is 0 Å². The number of hydrogen-bond donors (Lipinski definition) is 2. The van der Waals surface area contributed by atoms with Crippen LogP contribution in [-0.2, 0) is 5.41 Å². The number of aromatic amines is 1. The Balaban J connectivity index is 2.65. The number of rotatable bonds is 0. The summed E-state index contributed by atoms with van der Waals surface area (Å²) in [6.45, 7) is 6.63. The fraction of sp³-hybridized carbons (Fsp3) is 0.308. The first-order chi connectivity index (χ1) is 7.50. The molecule has 1 aromatic carbocycles. The van der Waals surface area contributed by atoms with Crippen LogP contribution in [-0.4, -0.2) is 4.98 Å². The van der Waals surface area contributed by atoms with Gasteiger partial charge in [-0.25, -0.2) is 0 Å². The molecule has 3 N–H and O–H groups in total. The molecule has 0 aliphatic rings. The van der Waals surface area contributed by atoms with Crippen molar-refractivity contribution in [1.29, 1.82) is 0 Å². The van der Waals surface area contributed by atoms with Gasteiger partial charge in [0.05, 0.1) is 0 Å². The number of hydrogen-bond acceptors (Lipinski definition) is 2. The SMILES string of the molecule is CC(C)(C)c1ccc2[nH]/c(=N/N)ccc2c1. The summed E-state index contributed by atoms with van der Waals surface area (Å²) in [4.78, 5) is 3.16. The molecular formula is C13H17N3. The van der Waals surface area contributed by atoms with Crippen molar-refractivity contribution in [3.05, 3.63) is 41.4 Å². The first kappa shape index (κ1) is 10.7. The lowest BCUT2D eigenvalue weighted by Gasteiger charge is -2.19. The Kier molecular flexibility index (Phi) is 2.46. The van der Waals surface area contributed by atoms with Gasteiger partial charge < -0.3 is 10.8 Å². The van der Waals surface area contributed by atoms with Crippen molar-refractivity contribution in [2.45, 2.75) is 26.2 Å². The Morgan fingerprint density at radius 3 is 2.50 bits per heavy atom. The van der Waals surface area contributed by atoms with Gasteiger partial charge in [0.15, 0.2) is 0 Å². The van der Waals surface area contributed by atoms with Crippen molar-refractivity contribution in [1.82, 2.24) is 4.98 Å². The van der Waals surface area contributed by atoms with Crippen molar-refractivity contribution in [2.75, 3.05) is 0 Å². The van der Waals surface area contributed by atoms with Crippen LogP contribution in [0.4, 0.5) is 0 Å². The number of fused-ring (bicyclic) bond motifs is 1. The third-order valence-electron chi connectivity index (χ3n) is 2.74. The van der Waals surface area contributed by atoms with Crippen LogP contribution in [0.3, 0.4) is 0 Å². The molecule has 0 radical (unpaired) electrons. The molecule has 0 fully saturated rings. The van der Waals surface area contributed by atoms with Gasteiger partial charge in [-0.2, -0.15) is 5.10 Å². The van der Waals surface area contributed by atoms with Gasteiger partial charge in [-0.05, 0) is 40.6 Å². The smallest absolute Gasteiger partial charge is 0.149 e. The minimum absolute atomic E-state index is 0.172. The summed E-state index contributed by atoms with van der Waals surface area (Å²) < 4.78 is 0. The van der Waals surface area contributed by atoms with Crippen molar-refractivity contribution in [2.24, 2.45) is 10.9 Å². The zero-order chi connectivity index (χ0) is 11.8. The van der Waals surface area contributed by atoms with Crippen LogP contribution in [0.2, 0.25) is 0 Å². The highest BCUT2D eigenvalue weighted by molar-refractivity contribution is 5.79. The molecule has 84 valence electrons. The van der Waals surface area contributed by atoms with E-state index in [1.807, 2.05) is 12.1 Å². The van der Waals surface area contributed by atoms with E-state index in [1.165, 1.54) is 10.9 Å². The highest BCUT2D eigenvalue weighted by Gasteiger charge is 2.13. The van der Waals surface area contributed by atoms with Gasteiger partial charge in [-0.15, -0.1) is 0 Å². The lowest BCUT2D eigenvalue weighted by Crippen LogP contribution is -2.12. The summed E-state index contributed by atoms with van der Waals surface area (Å²) >= 11 is 0. The Bertz CT molecular complexity index is 573. The second-order valence-corrected chi connectivity index (χ2v) is 5.02. The van der Waals surface area contributed by atoms with Crippen molar-refractivity contribution < 1.29 is 0 Å². The Hall–Kier alpha value is -1.77. The summed E-state index contributed by atoms with van der Waals surface area (Å²) in [6.07, 6.45) is 0. The molecule has 0 saturated heterocycles. The first-order valence-electron chi connectivity index (χ1n) is 5.38. The number of aromatic nitrogens is 1. The van der Waals surface area contributed by atoms with Crippen molar-refractivity contribution >= 4 is 10.9 Å². The van der Waals surface area contributed by atoms with E-state index in [0.717, 1.165) is 5.52 Å². The number of nitrogens with two attached hydrogens (primary N) is 1. The minimum Gasteiger partial charge on any atom is -0.338 e. The van der Waals surface area contributed by atoms with E-state index in [1.54, 1.807) is 0 Å². The average Bonchev–Trinajstić information content (AvgIpc) is 2.26. The topological polar surface area (TPSA) is 54.2 Å². The minimum atomic E-state index is 0.172. The summed E-state index contributed by atoms with van der Waals surface area (Å²) in [5.74, 6) is 5.23. The highest BCUT2D eigenvalue weighted by Crippen LogP contribution is 2.24. The molecule has 1 aromatic heterocycles. The van der Waals surface area contributed by atoms with Crippen molar-refractivity contribution in [3.8, 4) is 0 Å². The van der Waals surface area contributed by atoms with Crippen LogP contribution in [0.5, 0.6) is 0 Å². The average molecular weight is 215 g/mol. The van der Waals surface area contributed by atoms with Crippen LogP contribution in [0.15, 0.2) is 35.4 Å². The third-order valence-corrected chi connectivity index (χ3v) is 2.74. The Morgan fingerprint density at radius 1 is 1.12 bits per heavy atom. The van der Waals surface area contributed by atoms with Gasteiger partial charge in [0.25, 0.3) is 0 Å². The monoisotopic (exact) mass is 215 g/mol. The Labute approximate surface area is 95.0 Å². The maximum atomic E-state index is 5.23. The van der Waals surface area contributed by atoms with E-state index in [4.69, 9.17) is 5.84 Å². The summed E-state index contributed by atoms with van der Waals surface area (Å²) in [7, 11) is 0. The second kappa shape index (κ2) is 3.67. The molecule has 2 rings (SSSR count). The lowest BCUT2D eigenvalue weighted by molar-refractivity contribution is 0.591. The molecule has 3 heteroatoms. The molecule has 0 spiro atoms. The largest absolute Gasteiger partial charge is 0.338 e. The number of benzene rings is 1. The molecule has 3 nitrogen and oxygen atoms in total. The molecule has 0 amide bonds. The molecule has 2 aromatic rings. The summed E-state index contributed by atoms with van der Waals surface area (Å²) in [6, 6.07) is 10.3. The number of pyridine rings is 1. The predicted molar refractivity (Wildman–Crippen MR) is 66.7 cm³/mol. The number of nitrogens with zero attached hydrogens (tertiary/aromatic N) is 1. The summed E-state index contributed by atoms with van der Waals surface area (Å²) in [5.41, 5.74) is 3.24. The van der Waals surface area contributed by atoms with Gasteiger partial charge in [-0.1, -0.05) is 26.8 Å². The standard InChI is InChI=1S/C13H17N3/c1-13(2,3)10-5-6-11-9(8-10)4-7-12(15-11)16-14/h4-8H,14H2,1-3H3,(H,15,16). The van der Waals surface area contributed by atoms with E-state index in [2.05, 4.69) is 49.1 Å². The molecule has 0 aliphatic heterocycles. The van der Waals surface area contributed by atoms with Gasteiger partial charge in [0.1, 0.15) is 5.49 Å². The van der Waals surface area contributed by atoms with Gasteiger partial charge in [0, 0.05) is 5.52 Å². The molecule has 0 bridgehead atoms. The molecular weight excluding hydrogens is 198 g/mol. The summed E-state index contributed by atoms with van der Waals surface area (Å²) in [5, 5.41) is 4.82. The van der Waals surface area contributed by atoms with Crippen LogP contribution in [0, 0.1) is 0 Å². The number of nitrogens with one attached hydrogen (secondary N) is 1. The molecule has 0 saturated carbocycles. The van der Waals surface area contributed by atoms with Gasteiger partial charge >= 0.3 is 0 Å². The van der Waals surface area contributed by atoms with Gasteiger partial charge in [0.2, 0.25) is 0 Å². The van der Waals surface area contributed by atoms with E-state index in [0.29, 0.717) is 5.49 Å². The van der Waals surface area contributed by atoms with Crippen LogP contribution < -0.4 is 11.3 Å². The maximum absolute atomic E-state index is 5.23. The van der Waals surface area contributed by atoms with E-state index in [9.17, 15) is 0 Å². The first-order valence-corrected chi connectivity index (χ1v) is 5.38. The van der Waals surface area contributed by atoms with Gasteiger partial charge in [-0.3, -0.25) is 0 Å². The maximum Gasteiger partial charge on any atom is 0.149 e. The van der Waals surface area contributed by atoms with Crippen molar-refractivity contribution in [3.63, 3.8) is 0 Å². The lowest BCUT2D eigenvalue weighted by atomic mass is 9.86. The zero-order valence-electron chi connectivity index (χ0n) is 9.91. The van der Waals surface area contributed by atoms with Crippen LogP contribution in [0.25, 0.3) is 10.9 Å². The van der Waals surface area contributed by atoms with E-state index < -0.39 is 0 Å². The molecule has 0 unspecified atom stereocenters. The second-order valence-electron chi connectivity index (χ2n) is 5.02. The molecule has 16 heavy (non-hydrogen) atoms. The van der Waals surface area contributed by atoms with Crippen LogP contribution in [0.1, 0.15) is 26.3 Å². The molecule has 1 heterocycles. The molecule has 0 atom stereocenters. The fourth-order valence-electron chi connectivity index (χ4n) is 1.70. The highest BCUT2D eigenvalue weighted by atomic mass is 15.1. The fourth-order valence-corrected chi connectivity index (χ4v) is 1.70. The normalized spacial score (nSPS) is 13.3. The zero-order valence-corrected chi connectivity index (χ0v) is 9.91. The predicted octanol–water partition coefficient (Wildman–Crippen LogP) is 2.24. The quantitative estimate of drug-likeness (QED) is 0.514. The third kappa shape index (κ3) is 1.94. The molecule has 0 aliphatic carbocycles.